The summed E-state index contributed by atoms with van der Waals surface area (Å²) < 4.78 is 0. The van der Waals surface area contributed by atoms with E-state index in [0.29, 0.717) is 6.54 Å². The van der Waals surface area contributed by atoms with E-state index in [1.807, 2.05) is 0 Å². The van der Waals surface area contributed by atoms with Gasteiger partial charge in [0.25, 0.3) is 0 Å². The molecule has 1 fully saturated rings. The fraction of sp³-hybridized carbons (Fsp3) is 1.00. The summed E-state index contributed by atoms with van der Waals surface area (Å²) in [4.78, 5) is 2.35. The molecule has 1 rings (SSSR count). The lowest BCUT2D eigenvalue weighted by Crippen LogP contribution is -2.14. The second-order valence-corrected chi connectivity index (χ2v) is 2.96. The zero-order valence-corrected chi connectivity index (χ0v) is 6.06. The molecule has 1 aliphatic rings. The molecule has 0 aromatic rings. The van der Waals surface area contributed by atoms with Crippen LogP contribution in [-0.2, 0) is 0 Å². The highest BCUT2D eigenvalue weighted by atomic mass is 15.1. The van der Waals surface area contributed by atoms with Crippen molar-refractivity contribution in [3.05, 3.63) is 0 Å². The molecule has 2 nitrogen and oxygen atoms in total. The van der Waals surface area contributed by atoms with Crippen LogP contribution in [0.1, 0.15) is 12.8 Å². The molecule has 0 aromatic heterocycles. The molecule has 1 radical (unpaired) electrons. The Balaban J connectivity index is 2.14. The van der Waals surface area contributed by atoms with E-state index in [4.69, 9.17) is 5.73 Å². The maximum Gasteiger partial charge on any atom is 0.0103 e. The number of rotatable bonds is 2. The molecule has 1 heterocycles. The molecule has 0 aromatic carbocycles. The molecule has 2 heteroatoms. The molecule has 0 spiro atoms. The lowest BCUT2D eigenvalue weighted by molar-refractivity contribution is 0.389. The smallest absolute Gasteiger partial charge is 0.0103 e. The van der Waals surface area contributed by atoms with Gasteiger partial charge in [0.2, 0.25) is 0 Å². The summed E-state index contributed by atoms with van der Waals surface area (Å²) in [6.45, 7) is 3.07. The fourth-order valence-corrected chi connectivity index (χ4v) is 1.47. The highest BCUT2D eigenvalue weighted by Crippen LogP contribution is 2.16. The molecule has 0 saturated carbocycles. The van der Waals surface area contributed by atoms with E-state index in [-0.39, 0.29) is 0 Å². The maximum absolute atomic E-state index is 7.01. The molecule has 53 valence electrons. The monoisotopic (exact) mass is 127 g/mol. The zero-order chi connectivity index (χ0) is 6.69. The van der Waals surface area contributed by atoms with Gasteiger partial charge in [-0.15, -0.1) is 0 Å². The highest BCUT2D eigenvalue weighted by molar-refractivity contribution is 4.72. The molecule has 1 atom stereocenters. The Morgan fingerprint density at radius 3 is 2.89 bits per heavy atom. The van der Waals surface area contributed by atoms with Crippen LogP contribution in [0, 0.1) is 5.92 Å². The van der Waals surface area contributed by atoms with Crippen molar-refractivity contribution in [3.63, 3.8) is 0 Å². The second kappa shape index (κ2) is 3.18. The van der Waals surface area contributed by atoms with Crippen LogP contribution in [0.4, 0.5) is 0 Å². The Labute approximate surface area is 57.0 Å². The summed E-state index contributed by atoms with van der Waals surface area (Å²) in [6, 6.07) is 0. The molecule has 9 heavy (non-hydrogen) atoms. The predicted molar refractivity (Wildman–Crippen MR) is 38.2 cm³/mol. The van der Waals surface area contributed by atoms with Crippen molar-refractivity contribution >= 4 is 0 Å². The molecule has 0 aliphatic carbocycles. The van der Waals surface area contributed by atoms with Gasteiger partial charge in [-0.3, -0.25) is 5.73 Å². The lowest BCUT2D eigenvalue weighted by atomic mass is 10.1. The molecule has 1 N–H and O–H groups in total. The molecule has 1 unspecified atom stereocenters. The third-order valence-corrected chi connectivity index (χ3v) is 2.04. The minimum absolute atomic E-state index is 0.610. The Morgan fingerprint density at radius 1 is 1.67 bits per heavy atom. The van der Waals surface area contributed by atoms with E-state index in [1.54, 1.807) is 0 Å². The van der Waals surface area contributed by atoms with Crippen molar-refractivity contribution < 1.29 is 0 Å². The van der Waals surface area contributed by atoms with E-state index in [0.717, 1.165) is 12.3 Å². The molecule has 1 aliphatic heterocycles. The van der Waals surface area contributed by atoms with Crippen LogP contribution >= 0.6 is 0 Å². The average Bonchev–Trinajstić information content (AvgIpc) is 2.17. The largest absolute Gasteiger partial charge is 0.306 e. The summed E-state index contributed by atoms with van der Waals surface area (Å²) in [7, 11) is 2.16. The van der Waals surface area contributed by atoms with Crippen molar-refractivity contribution in [2.75, 3.05) is 26.7 Å². The van der Waals surface area contributed by atoms with Gasteiger partial charge < -0.3 is 4.90 Å². The topological polar surface area (TPSA) is 27.0 Å². The normalized spacial score (nSPS) is 29.3. The van der Waals surface area contributed by atoms with Crippen molar-refractivity contribution in [1.82, 2.24) is 10.6 Å². The zero-order valence-electron chi connectivity index (χ0n) is 6.06. The second-order valence-electron chi connectivity index (χ2n) is 2.96. The van der Waals surface area contributed by atoms with Gasteiger partial charge in [-0.05, 0) is 32.4 Å². The quantitative estimate of drug-likeness (QED) is 0.534. The number of nitrogens with zero attached hydrogens (tertiary/aromatic N) is 1. The van der Waals surface area contributed by atoms with E-state index in [9.17, 15) is 0 Å². The average molecular weight is 127 g/mol. The van der Waals surface area contributed by atoms with E-state index >= 15 is 0 Å². The molecule has 0 bridgehead atoms. The van der Waals surface area contributed by atoms with Crippen molar-refractivity contribution in [2.45, 2.75) is 12.8 Å². The minimum atomic E-state index is 0.610. The van der Waals surface area contributed by atoms with Gasteiger partial charge in [0.15, 0.2) is 0 Å². The number of likely N-dealkylation sites (tertiary alicyclic amines) is 1. The third-order valence-electron chi connectivity index (χ3n) is 2.04. The van der Waals surface area contributed by atoms with Gasteiger partial charge in [0.1, 0.15) is 0 Å². The number of hydrogen-bond donors (Lipinski definition) is 0. The van der Waals surface area contributed by atoms with Crippen LogP contribution in [0.25, 0.3) is 0 Å². The van der Waals surface area contributed by atoms with Crippen LogP contribution in [0.15, 0.2) is 0 Å². The van der Waals surface area contributed by atoms with Gasteiger partial charge in [0.05, 0.1) is 0 Å². The van der Waals surface area contributed by atoms with Gasteiger partial charge in [-0.25, -0.2) is 0 Å². The Morgan fingerprint density at radius 2 is 2.44 bits per heavy atom. The minimum Gasteiger partial charge on any atom is -0.306 e. The highest BCUT2D eigenvalue weighted by Gasteiger charge is 2.17. The maximum atomic E-state index is 7.01. The first-order valence-electron chi connectivity index (χ1n) is 3.66. The SMILES string of the molecule is CN1CCC(CC[NH])C1. The van der Waals surface area contributed by atoms with Gasteiger partial charge >= 0.3 is 0 Å². The lowest BCUT2D eigenvalue weighted by Gasteiger charge is -2.07. The predicted octanol–water partition coefficient (Wildman–Crippen LogP) is 0.611. The number of hydrogen-bond acceptors (Lipinski definition) is 1. The van der Waals surface area contributed by atoms with Crippen molar-refractivity contribution in [2.24, 2.45) is 5.92 Å². The van der Waals surface area contributed by atoms with Crippen LogP contribution in [-0.4, -0.2) is 31.6 Å². The first-order valence-corrected chi connectivity index (χ1v) is 3.66. The molecular formula is C7H15N2. The van der Waals surface area contributed by atoms with Crippen LogP contribution in [0.2, 0.25) is 0 Å². The van der Waals surface area contributed by atoms with Crippen molar-refractivity contribution in [3.8, 4) is 0 Å². The summed E-state index contributed by atoms with van der Waals surface area (Å²) >= 11 is 0. The first kappa shape index (κ1) is 7.03. The first-order chi connectivity index (χ1) is 4.33. The van der Waals surface area contributed by atoms with Gasteiger partial charge in [0, 0.05) is 13.1 Å². The standard InChI is InChI=1S/C7H15N2/c1-9-5-3-7(6-9)2-4-8/h7-8H,2-6H2,1H3. The Kier molecular flexibility index (Phi) is 2.49. The van der Waals surface area contributed by atoms with Crippen molar-refractivity contribution in [1.29, 1.82) is 0 Å². The fourth-order valence-electron chi connectivity index (χ4n) is 1.47. The Hall–Kier alpha value is -0.0800. The summed E-state index contributed by atoms with van der Waals surface area (Å²) in [5.41, 5.74) is 7.01. The molecular weight excluding hydrogens is 112 g/mol. The Bertz CT molecular complexity index is 81.0. The van der Waals surface area contributed by atoms with E-state index < -0.39 is 0 Å². The van der Waals surface area contributed by atoms with Crippen LogP contribution in [0.5, 0.6) is 0 Å². The molecule has 1 saturated heterocycles. The van der Waals surface area contributed by atoms with Gasteiger partial charge in [-0.2, -0.15) is 0 Å². The van der Waals surface area contributed by atoms with Gasteiger partial charge in [-0.1, -0.05) is 0 Å². The van der Waals surface area contributed by atoms with Crippen LogP contribution in [0.3, 0.4) is 0 Å². The number of nitrogens with one attached hydrogen (secondary N) is 1. The molecule has 0 amide bonds. The third kappa shape index (κ3) is 1.95. The summed E-state index contributed by atoms with van der Waals surface area (Å²) in [5.74, 6) is 0.826. The van der Waals surface area contributed by atoms with E-state index in [2.05, 4.69) is 11.9 Å². The summed E-state index contributed by atoms with van der Waals surface area (Å²) in [6.07, 6.45) is 2.42. The van der Waals surface area contributed by atoms with Crippen LogP contribution < -0.4 is 5.73 Å². The van der Waals surface area contributed by atoms with E-state index in [1.165, 1.54) is 19.5 Å². The summed E-state index contributed by atoms with van der Waals surface area (Å²) in [5, 5.41) is 0.